The molecule has 0 saturated carbocycles. The van der Waals surface area contributed by atoms with Crippen LogP contribution in [0.3, 0.4) is 0 Å². The van der Waals surface area contributed by atoms with Gasteiger partial charge in [-0.25, -0.2) is 13.1 Å². The number of Topliss-reactive ketones (excluding diaryl/α,β-unsaturated/α-hetero) is 1. The third kappa shape index (κ3) is 3.96. The summed E-state index contributed by atoms with van der Waals surface area (Å²) in [5.74, 6) is -0.0883. The summed E-state index contributed by atoms with van der Waals surface area (Å²) in [6.45, 7) is 2.31. The Kier molecular flexibility index (Phi) is 4.81. The van der Waals surface area contributed by atoms with E-state index in [9.17, 15) is 13.2 Å². The predicted octanol–water partition coefficient (Wildman–Crippen LogP) is 0.849. The second-order valence-electron chi connectivity index (χ2n) is 4.37. The molecule has 0 radical (unpaired) electrons. The molecule has 2 aromatic rings. The van der Waals surface area contributed by atoms with E-state index in [1.54, 1.807) is 25.3 Å². The molecule has 0 saturated heterocycles. The Balaban J connectivity index is 2.06. The molecule has 0 atom stereocenters. The Morgan fingerprint density at radius 1 is 1.38 bits per heavy atom. The highest BCUT2D eigenvalue weighted by Gasteiger charge is 2.15. The Morgan fingerprint density at radius 2 is 2.19 bits per heavy atom. The first-order valence-corrected chi connectivity index (χ1v) is 7.98. The molecule has 2 rings (SSSR count). The topological polar surface area (TPSA) is 94.0 Å². The smallest absolute Gasteiger partial charge is 0.240 e. The Labute approximate surface area is 123 Å². The van der Waals surface area contributed by atoms with E-state index in [2.05, 4.69) is 15.0 Å². The fraction of sp³-hybridized carbons (Fsp3) is 0.308. The molecule has 0 aliphatic carbocycles. The number of carbonyl (C=O) groups excluding carboxylic acids is 1. The zero-order chi connectivity index (χ0) is 15.3. The number of benzene rings is 1. The molecule has 1 N–H and O–H groups in total. The van der Waals surface area contributed by atoms with Crippen molar-refractivity contribution in [1.29, 1.82) is 0 Å². The van der Waals surface area contributed by atoms with E-state index >= 15 is 0 Å². The number of hydrogen-bond acceptors (Lipinski definition) is 5. The van der Waals surface area contributed by atoms with Crippen LogP contribution in [0.5, 0.6) is 0 Å². The van der Waals surface area contributed by atoms with Gasteiger partial charge in [0.25, 0.3) is 0 Å². The van der Waals surface area contributed by atoms with Crippen molar-refractivity contribution in [3.63, 3.8) is 0 Å². The van der Waals surface area contributed by atoms with Gasteiger partial charge in [-0.05, 0) is 12.1 Å². The van der Waals surface area contributed by atoms with Crippen LogP contribution in [0.4, 0.5) is 0 Å². The van der Waals surface area contributed by atoms with Crippen LogP contribution in [0.15, 0.2) is 41.6 Å². The minimum Gasteiger partial charge on any atom is -0.294 e. The lowest BCUT2D eigenvalue weighted by atomic mass is 10.1. The van der Waals surface area contributed by atoms with E-state index in [1.165, 1.54) is 23.0 Å². The van der Waals surface area contributed by atoms with Crippen LogP contribution in [0.1, 0.15) is 23.7 Å². The first kappa shape index (κ1) is 15.3. The number of nitrogens with zero attached hydrogens (tertiary/aromatic N) is 3. The largest absolute Gasteiger partial charge is 0.294 e. The van der Waals surface area contributed by atoms with Crippen molar-refractivity contribution in [3.05, 3.63) is 42.2 Å². The molecular weight excluding hydrogens is 292 g/mol. The summed E-state index contributed by atoms with van der Waals surface area (Å²) in [4.78, 5) is 11.7. The van der Waals surface area contributed by atoms with E-state index < -0.39 is 10.0 Å². The summed E-state index contributed by atoms with van der Waals surface area (Å²) in [5.41, 5.74) is 0.400. The monoisotopic (exact) mass is 308 g/mol. The summed E-state index contributed by atoms with van der Waals surface area (Å²) in [5, 5.41) is 7.38. The lowest BCUT2D eigenvalue weighted by Gasteiger charge is -2.08. The Bertz CT molecular complexity index is 711. The summed E-state index contributed by atoms with van der Waals surface area (Å²) < 4.78 is 28.3. The van der Waals surface area contributed by atoms with Gasteiger partial charge in [-0.2, -0.15) is 0 Å². The van der Waals surface area contributed by atoms with E-state index in [0.29, 0.717) is 18.5 Å². The van der Waals surface area contributed by atoms with Gasteiger partial charge in [0.2, 0.25) is 10.0 Å². The molecule has 21 heavy (non-hydrogen) atoms. The summed E-state index contributed by atoms with van der Waals surface area (Å²) in [6, 6.07) is 6.03. The number of hydrogen-bond donors (Lipinski definition) is 1. The van der Waals surface area contributed by atoms with Crippen molar-refractivity contribution >= 4 is 15.8 Å². The van der Waals surface area contributed by atoms with Crippen molar-refractivity contribution in [1.82, 2.24) is 19.7 Å². The molecule has 0 unspecified atom stereocenters. The van der Waals surface area contributed by atoms with E-state index in [4.69, 9.17) is 0 Å². The summed E-state index contributed by atoms with van der Waals surface area (Å²) >= 11 is 0. The van der Waals surface area contributed by atoms with Crippen molar-refractivity contribution in [3.8, 4) is 0 Å². The molecular formula is C13H16N4O3S. The number of sulfonamides is 1. The minimum atomic E-state index is -3.64. The van der Waals surface area contributed by atoms with Crippen LogP contribution < -0.4 is 4.72 Å². The number of aromatic nitrogens is 3. The fourth-order valence-corrected chi connectivity index (χ4v) is 2.84. The number of carbonyl (C=O) groups is 1. The third-order valence-electron chi connectivity index (χ3n) is 2.89. The van der Waals surface area contributed by atoms with E-state index in [-0.39, 0.29) is 17.2 Å². The van der Waals surface area contributed by atoms with Crippen molar-refractivity contribution in [2.45, 2.75) is 24.8 Å². The number of nitrogens with one attached hydrogen (secondary N) is 1. The molecule has 0 amide bonds. The van der Waals surface area contributed by atoms with Gasteiger partial charge >= 0.3 is 0 Å². The molecule has 0 aliphatic rings. The molecule has 0 aliphatic heterocycles. The van der Waals surface area contributed by atoms with Crippen LogP contribution in [0, 0.1) is 0 Å². The van der Waals surface area contributed by atoms with Gasteiger partial charge in [-0.1, -0.05) is 24.3 Å². The number of ketones is 1. The maximum atomic E-state index is 12.2. The van der Waals surface area contributed by atoms with Gasteiger partial charge in [-0.3, -0.25) is 9.48 Å². The maximum absolute atomic E-state index is 12.2. The average molecular weight is 308 g/mol. The normalized spacial score (nSPS) is 11.5. The van der Waals surface area contributed by atoms with Gasteiger partial charge in [-0.15, -0.1) is 5.10 Å². The van der Waals surface area contributed by atoms with Gasteiger partial charge in [0.1, 0.15) is 0 Å². The van der Waals surface area contributed by atoms with Crippen LogP contribution in [0.2, 0.25) is 0 Å². The third-order valence-corrected chi connectivity index (χ3v) is 4.35. The van der Waals surface area contributed by atoms with E-state index in [1.807, 2.05) is 0 Å². The molecule has 0 spiro atoms. The zero-order valence-corrected chi connectivity index (χ0v) is 12.4. The highest BCUT2D eigenvalue weighted by molar-refractivity contribution is 7.89. The molecule has 0 fully saturated rings. The van der Waals surface area contributed by atoms with Gasteiger partial charge in [0.15, 0.2) is 5.78 Å². The van der Waals surface area contributed by atoms with Gasteiger partial charge in [0.05, 0.1) is 17.6 Å². The predicted molar refractivity (Wildman–Crippen MR) is 76.3 cm³/mol. The molecule has 1 heterocycles. The highest BCUT2D eigenvalue weighted by atomic mass is 32.2. The SMILES string of the molecule is CCC(=O)c1cccc(S(=O)(=O)NCCn2ccnn2)c1. The summed E-state index contributed by atoms with van der Waals surface area (Å²) in [6.07, 6.45) is 3.51. The van der Waals surface area contributed by atoms with E-state index in [0.717, 1.165) is 0 Å². The second-order valence-corrected chi connectivity index (χ2v) is 6.14. The van der Waals surface area contributed by atoms with Crippen molar-refractivity contribution in [2.75, 3.05) is 6.54 Å². The Hall–Kier alpha value is -2.06. The quantitative estimate of drug-likeness (QED) is 0.765. The van der Waals surface area contributed by atoms with Crippen LogP contribution in [-0.4, -0.2) is 35.7 Å². The lowest BCUT2D eigenvalue weighted by molar-refractivity contribution is 0.0988. The minimum absolute atomic E-state index is 0.0837. The van der Waals surface area contributed by atoms with Crippen LogP contribution >= 0.6 is 0 Å². The first-order valence-electron chi connectivity index (χ1n) is 6.50. The highest BCUT2D eigenvalue weighted by Crippen LogP contribution is 2.12. The van der Waals surface area contributed by atoms with Crippen LogP contribution in [-0.2, 0) is 16.6 Å². The molecule has 8 heteroatoms. The molecule has 1 aromatic carbocycles. The van der Waals surface area contributed by atoms with Crippen molar-refractivity contribution < 1.29 is 13.2 Å². The standard InChI is InChI=1S/C13H16N4O3S/c1-2-13(18)11-4-3-5-12(10-11)21(19,20)15-7-9-17-8-6-14-16-17/h3-6,8,10,15H,2,7,9H2,1H3. The van der Waals surface area contributed by atoms with Gasteiger partial charge < -0.3 is 0 Å². The van der Waals surface area contributed by atoms with Gasteiger partial charge in [0, 0.05) is 24.7 Å². The average Bonchev–Trinajstić information content (AvgIpc) is 2.99. The molecule has 0 bridgehead atoms. The zero-order valence-electron chi connectivity index (χ0n) is 11.6. The Morgan fingerprint density at radius 3 is 2.86 bits per heavy atom. The fourth-order valence-electron chi connectivity index (χ4n) is 1.77. The lowest BCUT2D eigenvalue weighted by Crippen LogP contribution is -2.27. The van der Waals surface area contributed by atoms with Crippen molar-refractivity contribution in [2.24, 2.45) is 0 Å². The maximum Gasteiger partial charge on any atom is 0.240 e. The first-order chi connectivity index (χ1) is 10.0. The molecule has 7 nitrogen and oxygen atoms in total. The molecule has 112 valence electrons. The number of rotatable bonds is 7. The van der Waals surface area contributed by atoms with Crippen LogP contribution in [0.25, 0.3) is 0 Å². The second kappa shape index (κ2) is 6.59. The molecule has 1 aromatic heterocycles. The summed E-state index contributed by atoms with van der Waals surface area (Å²) in [7, 11) is -3.64.